The molecule has 5 heteroatoms. The summed E-state index contributed by atoms with van der Waals surface area (Å²) in [6.07, 6.45) is 4.75. The minimum absolute atomic E-state index is 0.251. The summed E-state index contributed by atoms with van der Waals surface area (Å²) in [7, 11) is 0. The Hall–Kier alpha value is -1.60. The van der Waals surface area contributed by atoms with Crippen LogP contribution >= 0.6 is 11.6 Å². The molecule has 14 heavy (non-hydrogen) atoms. The molecule has 1 rings (SSSR count). The van der Waals surface area contributed by atoms with Crippen LogP contribution in [0.3, 0.4) is 0 Å². The zero-order valence-electron chi connectivity index (χ0n) is 6.77. The highest BCUT2D eigenvalue weighted by atomic mass is 35.5. The Morgan fingerprint density at radius 3 is 2.64 bits per heavy atom. The molecule has 1 aromatic carbocycles. The van der Waals surface area contributed by atoms with Crippen LogP contribution in [0.4, 0.5) is 14.5 Å². The van der Waals surface area contributed by atoms with Gasteiger partial charge in [-0.2, -0.15) is 0 Å². The molecule has 72 valence electrons. The second-order valence-corrected chi connectivity index (χ2v) is 2.75. The van der Waals surface area contributed by atoms with Gasteiger partial charge in [-0.05, 0) is 12.0 Å². The molecule has 0 saturated heterocycles. The molecule has 0 heterocycles. The lowest BCUT2D eigenvalue weighted by molar-refractivity contribution is -0.111. The molecule has 0 aliphatic rings. The van der Waals surface area contributed by atoms with Crippen molar-refractivity contribution in [3.05, 3.63) is 28.8 Å². The monoisotopic (exact) mass is 215 g/mol. The molecule has 0 aliphatic carbocycles. The minimum Gasteiger partial charge on any atom is -0.313 e. The largest absolute Gasteiger partial charge is 0.313 e. The second kappa shape index (κ2) is 4.07. The number of halogens is 3. The average Bonchev–Trinajstić information content (AvgIpc) is 2.14. The lowest BCUT2D eigenvalue weighted by Gasteiger charge is -2.03. The van der Waals surface area contributed by atoms with Gasteiger partial charge in [0.15, 0.2) is 0 Å². The van der Waals surface area contributed by atoms with Crippen molar-refractivity contribution >= 4 is 23.2 Å². The first-order valence-electron chi connectivity index (χ1n) is 3.46. The Balaban J connectivity index is 3.05. The number of carbonyl (C=O) groups is 1. The average molecular weight is 216 g/mol. The third kappa shape index (κ3) is 2.21. The number of amides is 1. The predicted octanol–water partition coefficient (Wildman–Crippen LogP) is 2.19. The van der Waals surface area contributed by atoms with Gasteiger partial charge >= 0.3 is 0 Å². The topological polar surface area (TPSA) is 29.1 Å². The van der Waals surface area contributed by atoms with Crippen molar-refractivity contribution in [1.82, 2.24) is 0 Å². The van der Waals surface area contributed by atoms with Crippen molar-refractivity contribution < 1.29 is 13.6 Å². The number of nitrogens with one attached hydrogen (secondary N) is 1. The molecule has 0 spiro atoms. The maximum Gasteiger partial charge on any atom is 0.300 e. The first-order valence-corrected chi connectivity index (χ1v) is 3.84. The van der Waals surface area contributed by atoms with E-state index in [0.29, 0.717) is 6.07 Å². The fraction of sp³-hybridized carbons (Fsp3) is 0. The lowest BCUT2D eigenvalue weighted by atomic mass is 10.3. The van der Waals surface area contributed by atoms with Crippen molar-refractivity contribution in [3.63, 3.8) is 0 Å². The summed E-state index contributed by atoms with van der Waals surface area (Å²) in [5.41, 5.74) is -0.251. The van der Waals surface area contributed by atoms with Crippen molar-refractivity contribution in [2.75, 3.05) is 5.32 Å². The number of anilines is 1. The minimum atomic E-state index is -0.935. The fourth-order valence-corrected chi connectivity index (χ4v) is 0.940. The Morgan fingerprint density at radius 1 is 1.43 bits per heavy atom. The van der Waals surface area contributed by atoms with Gasteiger partial charge in [-0.15, -0.1) is 6.42 Å². The van der Waals surface area contributed by atoms with Crippen molar-refractivity contribution in [2.24, 2.45) is 0 Å². The van der Waals surface area contributed by atoms with E-state index in [2.05, 4.69) is 0 Å². The van der Waals surface area contributed by atoms with E-state index in [1.807, 2.05) is 5.32 Å². The summed E-state index contributed by atoms with van der Waals surface area (Å²) in [5, 5.41) is 1.73. The summed E-state index contributed by atoms with van der Waals surface area (Å²) < 4.78 is 25.6. The van der Waals surface area contributed by atoms with Crippen LogP contribution in [0.15, 0.2) is 12.1 Å². The molecule has 0 fully saturated rings. The van der Waals surface area contributed by atoms with Crippen LogP contribution in [0.1, 0.15) is 0 Å². The first-order chi connectivity index (χ1) is 6.54. The maximum atomic E-state index is 12.9. The summed E-state index contributed by atoms with van der Waals surface area (Å²) in [4.78, 5) is 10.7. The maximum absolute atomic E-state index is 12.9. The highest BCUT2D eigenvalue weighted by Gasteiger charge is 2.09. The van der Waals surface area contributed by atoms with E-state index in [0.717, 1.165) is 6.07 Å². The molecule has 1 N–H and O–H groups in total. The fourth-order valence-electron chi connectivity index (χ4n) is 0.777. The molecule has 0 aromatic heterocycles. The van der Waals surface area contributed by atoms with E-state index < -0.39 is 17.5 Å². The highest BCUT2D eigenvalue weighted by Crippen LogP contribution is 2.22. The summed E-state index contributed by atoms with van der Waals surface area (Å²) in [5.74, 6) is -0.941. The second-order valence-electron chi connectivity index (χ2n) is 2.34. The first kappa shape index (κ1) is 10.5. The van der Waals surface area contributed by atoms with Crippen LogP contribution in [0.5, 0.6) is 0 Å². The van der Waals surface area contributed by atoms with Crippen LogP contribution in [-0.2, 0) is 4.79 Å². The molecular weight excluding hydrogens is 212 g/mol. The van der Waals surface area contributed by atoms with Crippen LogP contribution in [0.2, 0.25) is 5.02 Å². The third-order valence-corrected chi connectivity index (χ3v) is 1.68. The standard InChI is InChI=1S/C9H4ClF2NO/c1-2-9(14)13-8-3-5(10)6(11)4-7(8)12/h1,3-4H,(H,13,14). The van der Waals surface area contributed by atoms with Gasteiger partial charge in [-0.1, -0.05) is 11.6 Å². The van der Waals surface area contributed by atoms with Crippen LogP contribution < -0.4 is 5.32 Å². The predicted molar refractivity (Wildman–Crippen MR) is 48.8 cm³/mol. The van der Waals surface area contributed by atoms with E-state index in [1.165, 1.54) is 0 Å². The van der Waals surface area contributed by atoms with Crippen molar-refractivity contribution in [3.8, 4) is 12.3 Å². The molecule has 1 amide bonds. The summed E-state index contributed by atoms with van der Waals surface area (Å²) in [6, 6.07) is 1.51. The SMILES string of the molecule is C#CC(=O)Nc1cc(Cl)c(F)cc1F. The molecule has 0 atom stereocenters. The Bertz CT molecular complexity index is 426. The van der Waals surface area contributed by atoms with E-state index in [1.54, 1.807) is 5.92 Å². The van der Waals surface area contributed by atoms with Crippen LogP contribution in [-0.4, -0.2) is 5.91 Å². The number of hydrogen-bond donors (Lipinski definition) is 1. The van der Waals surface area contributed by atoms with Crippen LogP contribution in [0, 0.1) is 24.0 Å². The van der Waals surface area contributed by atoms with Gasteiger partial charge in [0, 0.05) is 6.07 Å². The lowest BCUT2D eigenvalue weighted by Crippen LogP contribution is -2.09. The molecule has 0 aliphatic heterocycles. The van der Waals surface area contributed by atoms with E-state index in [9.17, 15) is 13.6 Å². The summed E-state index contributed by atoms with van der Waals surface area (Å²) in [6.45, 7) is 0. The number of carbonyl (C=O) groups excluding carboxylic acids is 1. The number of terminal acetylenes is 1. The van der Waals surface area contributed by atoms with Crippen molar-refractivity contribution in [2.45, 2.75) is 0 Å². The Kier molecular flexibility index (Phi) is 3.05. The smallest absolute Gasteiger partial charge is 0.300 e. The number of rotatable bonds is 1. The van der Waals surface area contributed by atoms with Crippen molar-refractivity contribution in [1.29, 1.82) is 0 Å². The van der Waals surface area contributed by atoms with E-state index >= 15 is 0 Å². The third-order valence-electron chi connectivity index (χ3n) is 1.39. The normalized spacial score (nSPS) is 9.29. The van der Waals surface area contributed by atoms with Gasteiger partial charge in [-0.3, -0.25) is 4.79 Å². The van der Waals surface area contributed by atoms with Gasteiger partial charge in [0.2, 0.25) is 0 Å². The molecule has 0 bridgehead atoms. The zero-order valence-corrected chi connectivity index (χ0v) is 7.53. The molecule has 0 radical (unpaired) electrons. The molecular formula is C9H4ClF2NO. The van der Waals surface area contributed by atoms with Gasteiger partial charge in [-0.25, -0.2) is 8.78 Å². The van der Waals surface area contributed by atoms with E-state index in [4.69, 9.17) is 18.0 Å². The van der Waals surface area contributed by atoms with Gasteiger partial charge in [0.05, 0.1) is 10.7 Å². The summed E-state index contributed by atoms with van der Waals surface area (Å²) >= 11 is 5.37. The molecule has 0 saturated carbocycles. The quantitative estimate of drug-likeness (QED) is 0.565. The molecule has 2 nitrogen and oxygen atoms in total. The molecule has 1 aromatic rings. The Labute approximate surface area is 83.9 Å². The van der Waals surface area contributed by atoms with Gasteiger partial charge in [0.25, 0.3) is 5.91 Å². The number of hydrogen-bond acceptors (Lipinski definition) is 1. The molecule has 0 unspecified atom stereocenters. The number of benzene rings is 1. The Morgan fingerprint density at radius 2 is 2.07 bits per heavy atom. The zero-order chi connectivity index (χ0) is 10.7. The highest BCUT2D eigenvalue weighted by molar-refractivity contribution is 6.31. The van der Waals surface area contributed by atoms with Gasteiger partial charge in [0.1, 0.15) is 11.6 Å². The van der Waals surface area contributed by atoms with Gasteiger partial charge < -0.3 is 5.32 Å². The van der Waals surface area contributed by atoms with E-state index in [-0.39, 0.29) is 10.7 Å². The van der Waals surface area contributed by atoms with Crippen LogP contribution in [0.25, 0.3) is 0 Å².